The smallest absolute Gasteiger partial charge is 0.253 e. The number of nitrogens with one attached hydrogen (secondary N) is 1. The lowest BCUT2D eigenvalue weighted by molar-refractivity contribution is 0.0954. The van der Waals surface area contributed by atoms with Crippen molar-refractivity contribution in [2.75, 3.05) is 54.4 Å². The summed E-state index contributed by atoms with van der Waals surface area (Å²) in [6.45, 7) is 3.13. The van der Waals surface area contributed by atoms with Gasteiger partial charge in [-0.15, -0.1) is 0 Å². The summed E-state index contributed by atoms with van der Waals surface area (Å²) in [7, 11) is 8.16. The second-order valence-corrected chi connectivity index (χ2v) is 10.1. The van der Waals surface area contributed by atoms with E-state index in [9.17, 15) is 20.1 Å². The van der Waals surface area contributed by atoms with Crippen LogP contribution in [0.1, 0.15) is 54.4 Å². The summed E-state index contributed by atoms with van der Waals surface area (Å²) < 4.78 is 0. The molecular formula is C28H40N6O4. The fraction of sp³-hybridized carbons (Fsp3) is 0.500. The molecule has 0 aliphatic carbocycles. The van der Waals surface area contributed by atoms with Crippen LogP contribution in [0, 0.1) is 0 Å². The van der Waals surface area contributed by atoms with Crippen LogP contribution in [0.3, 0.4) is 0 Å². The Balaban J connectivity index is 1.83. The van der Waals surface area contributed by atoms with Gasteiger partial charge in [0.2, 0.25) is 0 Å². The van der Waals surface area contributed by atoms with Crippen molar-refractivity contribution in [3.63, 3.8) is 0 Å². The van der Waals surface area contributed by atoms with Gasteiger partial charge < -0.3 is 30.4 Å². The van der Waals surface area contributed by atoms with Crippen LogP contribution in [0.15, 0.2) is 23.2 Å². The Morgan fingerprint density at radius 1 is 0.816 bits per heavy atom. The zero-order chi connectivity index (χ0) is 27.7. The van der Waals surface area contributed by atoms with E-state index in [-0.39, 0.29) is 50.8 Å². The zero-order valence-electron chi connectivity index (χ0n) is 22.9. The maximum atomic E-state index is 12.9. The van der Waals surface area contributed by atoms with Crippen molar-refractivity contribution in [1.29, 1.82) is 0 Å². The van der Waals surface area contributed by atoms with Gasteiger partial charge >= 0.3 is 0 Å². The molecule has 10 nitrogen and oxygen atoms in total. The van der Waals surface area contributed by atoms with Crippen molar-refractivity contribution >= 4 is 34.2 Å². The van der Waals surface area contributed by atoms with Gasteiger partial charge in [0, 0.05) is 25.4 Å². The van der Waals surface area contributed by atoms with Crippen molar-refractivity contribution in [2.45, 2.75) is 38.5 Å². The minimum absolute atomic E-state index is 0.111. The Hall–Kier alpha value is -3.50. The number of rotatable bonds is 14. The summed E-state index contributed by atoms with van der Waals surface area (Å²) in [4.78, 5) is 30.7. The average molecular weight is 525 g/mol. The third-order valence-corrected chi connectivity index (χ3v) is 6.27. The highest BCUT2D eigenvalue weighted by Gasteiger charge is 2.20. The SMILES string of the molecule is CN(C)CCCCCN=Cc1c(O)cc(O)c2nc3c(C(=O)NCCCCCN(C)C)ccc(O)c3nc12. The summed E-state index contributed by atoms with van der Waals surface area (Å²) in [6, 6.07) is 4.09. The van der Waals surface area contributed by atoms with Crippen LogP contribution in [-0.4, -0.2) is 102 Å². The molecule has 3 aromatic rings. The van der Waals surface area contributed by atoms with Gasteiger partial charge in [0.1, 0.15) is 39.3 Å². The fourth-order valence-electron chi connectivity index (χ4n) is 4.19. The number of aromatic hydroxyl groups is 3. The average Bonchev–Trinajstić information content (AvgIpc) is 2.86. The molecule has 0 unspecified atom stereocenters. The van der Waals surface area contributed by atoms with Gasteiger partial charge in [-0.25, -0.2) is 9.97 Å². The molecule has 0 aliphatic heterocycles. The van der Waals surface area contributed by atoms with Crippen molar-refractivity contribution in [3.05, 3.63) is 29.3 Å². The van der Waals surface area contributed by atoms with Crippen molar-refractivity contribution in [3.8, 4) is 17.2 Å². The number of amides is 1. The molecule has 0 spiro atoms. The van der Waals surface area contributed by atoms with Crippen LogP contribution in [0.4, 0.5) is 0 Å². The number of benzene rings is 2. The van der Waals surface area contributed by atoms with E-state index in [0.717, 1.165) is 51.6 Å². The summed E-state index contributed by atoms with van der Waals surface area (Å²) in [6.07, 6.45) is 7.45. The number of phenolic OH excluding ortho intramolecular Hbond substituents is 3. The minimum Gasteiger partial charge on any atom is -0.507 e. The second kappa shape index (κ2) is 13.9. The Morgan fingerprint density at radius 3 is 2.13 bits per heavy atom. The summed E-state index contributed by atoms with van der Waals surface area (Å²) in [5.41, 5.74) is 1.14. The maximum Gasteiger partial charge on any atom is 0.253 e. The van der Waals surface area contributed by atoms with Crippen LogP contribution in [0.2, 0.25) is 0 Å². The molecule has 1 aromatic heterocycles. The molecule has 38 heavy (non-hydrogen) atoms. The first-order valence-corrected chi connectivity index (χ1v) is 13.1. The highest BCUT2D eigenvalue weighted by Crippen LogP contribution is 2.35. The van der Waals surface area contributed by atoms with E-state index in [4.69, 9.17) is 0 Å². The first-order valence-electron chi connectivity index (χ1n) is 13.1. The number of phenols is 3. The van der Waals surface area contributed by atoms with Gasteiger partial charge in [0.05, 0.1) is 11.1 Å². The fourth-order valence-corrected chi connectivity index (χ4v) is 4.19. The van der Waals surface area contributed by atoms with Gasteiger partial charge in [0.15, 0.2) is 0 Å². The molecule has 0 fully saturated rings. The number of nitrogens with zero attached hydrogens (tertiary/aromatic N) is 5. The van der Waals surface area contributed by atoms with Gasteiger partial charge in [0.25, 0.3) is 5.91 Å². The molecule has 1 heterocycles. The van der Waals surface area contributed by atoms with Crippen LogP contribution in [0.5, 0.6) is 17.2 Å². The predicted molar refractivity (Wildman–Crippen MR) is 152 cm³/mol. The lowest BCUT2D eigenvalue weighted by atomic mass is 10.1. The molecule has 0 saturated carbocycles. The quantitative estimate of drug-likeness (QED) is 0.143. The third-order valence-electron chi connectivity index (χ3n) is 6.27. The number of hydrogen-bond donors (Lipinski definition) is 4. The molecule has 0 atom stereocenters. The molecule has 2 aromatic carbocycles. The van der Waals surface area contributed by atoms with Crippen molar-refractivity contribution in [1.82, 2.24) is 25.1 Å². The van der Waals surface area contributed by atoms with Crippen molar-refractivity contribution in [2.24, 2.45) is 4.99 Å². The number of hydrogen-bond acceptors (Lipinski definition) is 9. The minimum atomic E-state index is -0.328. The topological polar surface area (TPSA) is 134 Å². The van der Waals surface area contributed by atoms with E-state index >= 15 is 0 Å². The molecule has 10 heteroatoms. The number of carbonyl (C=O) groups excluding carboxylic acids is 1. The van der Waals surface area contributed by atoms with Gasteiger partial charge in [-0.2, -0.15) is 0 Å². The molecule has 4 N–H and O–H groups in total. The Morgan fingerprint density at radius 2 is 1.45 bits per heavy atom. The Bertz CT molecular complexity index is 1280. The standard InChI is InChI=1S/C28H40N6O4/c1-33(2)15-9-5-7-13-29-18-20-22(36)17-23(37)27-25(20)32-26-21(35)12-11-19(24(26)31-27)28(38)30-14-8-6-10-16-34(3)4/h11-12,17-18,35-37H,5-10,13-16H2,1-4H3,(H,30,38). The molecule has 0 aliphatic rings. The first-order chi connectivity index (χ1) is 18.2. The maximum absolute atomic E-state index is 12.9. The summed E-state index contributed by atoms with van der Waals surface area (Å²) in [5, 5.41) is 34.5. The largest absolute Gasteiger partial charge is 0.507 e. The molecule has 0 saturated heterocycles. The van der Waals surface area contributed by atoms with E-state index in [1.807, 2.05) is 28.2 Å². The van der Waals surface area contributed by atoms with Crippen LogP contribution in [0.25, 0.3) is 22.1 Å². The van der Waals surface area contributed by atoms with Crippen LogP contribution < -0.4 is 5.32 Å². The molecule has 1 amide bonds. The lowest BCUT2D eigenvalue weighted by Crippen LogP contribution is -2.25. The number of carbonyl (C=O) groups is 1. The molecule has 0 radical (unpaired) electrons. The van der Waals surface area contributed by atoms with Gasteiger partial charge in [-0.1, -0.05) is 12.8 Å². The Labute approximate surface area is 224 Å². The van der Waals surface area contributed by atoms with Crippen LogP contribution >= 0.6 is 0 Å². The molecule has 3 rings (SSSR count). The Kier molecular flexibility index (Phi) is 10.6. The highest BCUT2D eigenvalue weighted by molar-refractivity contribution is 6.09. The number of aliphatic imine (C=N–C) groups is 1. The monoisotopic (exact) mass is 524 g/mol. The summed E-state index contributed by atoms with van der Waals surface area (Å²) in [5.74, 6) is -0.946. The lowest BCUT2D eigenvalue weighted by Gasteiger charge is -2.12. The van der Waals surface area contributed by atoms with Gasteiger partial charge in [-0.05, 0) is 79.1 Å². The molecule has 0 bridgehead atoms. The number of fused-ring (bicyclic) bond motifs is 2. The second-order valence-electron chi connectivity index (χ2n) is 10.1. The van der Waals surface area contributed by atoms with Crippen molar-refractivity contribution < 1.29 is 20.1 Å². The predicted octanol–water partition coefficient (Wildman–Crippen LogP) is 3.51. The van der Waals surface area contributed by atoms with Gasteiger partial charge in [-0.3, -0.25) is 9.79 Å². The number of unbranched alkanes of at least 4 members (excludes halogenated alkanes) is 4. The molecule has 206 valence electrons. The van der Waals surface area contributed by atoms with E-state index in [0.29, 0.717) is 18.7 Å². The summed E-state index contributed by atoms with van der Waals surface area (Å²) >= 11 is 0. The zero-order valence-corrected chi connectivity index (χ0v) is 22.9. The van der Waals surface area contributed by atoms with E-state index in [2.05, 4.69) is 30.1 Å². The first kappa shape index (κ1) is 29.1. The van der Waals surface area contributed by atoms with Crippen LogP contribution in [-0.2, 0) is 0 Å². The highest BCUT2D eigenvalue weighted by atomic mass is 16.3. The van der Waals surface area contributed by atoms with E-state index in [1.165, 1.54) is 24.4 Å². The number of aromatic nitrogens is 2. The van der Waals surface area contributed by atoms with E-state index in [1.54, 1.807) is 0 Å². The molecular weight excluding hydrogens is 484 g/mol. The third kappa shape index (κ3) is 7.75. The normalized spacial score (nSPS) is 11.9. The van der Waals surface area contributed by atoms with E-state index < -0.39 is 0 Å².